The molecule has 0 spiro atoms. The van der Waals surface area contributed by atoms with Crippen molar-refractivity contribution in [3.8, 4) is 5.75 Å². The molecule has 1 aliphatic rings. The van der Waals surface area contributed by atoms with Gasteiger partial charge in [-0.1, -0.05) is 13.0 Å². The summed E-state index contributed by atoms with van der Waals surface area (Å²) in [5, 5.41) is 6.29. The minimum atomic E-state index is -3.08. The van der Waals surface area contributed by atoms with Crippen LogP contribution in [-0.4, -0.2) is 63.3 Å². The maximum absolute atomic E-state index is 13.3. The lowest BCUT2D eigenvalue weighted by Crippen LogP contribution is -2.42. The number of rotatable bonds is 9. The van der Waals surface area contributed by atoms with Gasteiger partial charge in [0.2, 0.25) is 10.0 Å². The fourth-order valence-corrected chi connectivity index (χ4v) is 4.29. The standard InChI is InChI=1S/C18H29FN4O3S.HI/c1-3-16(26-17-8-5-7-15(19)13-17)14-22-18(20-4-2)21-9-11-23-10-6-12-27(23,24)25;/h5,7-8,13,16H,3-4,6,9-12,14H2,1-2H3,(H2,20,21,22);1H. The van der Waals surface area contributed by atoms with Gasteiger partial charge in [-0.3, -0.25) is 0 Å². The normalized spacial score (nSPS) is 17.6. The highest BCUT2D eigenvalue weighted by molar-refractivity contribution is 14.0. The summed E-state index contributed by atoms with van der Waals surface area (Å²) in [6.07, 6.45) is 1.23. The number of nitrogens with one attached hydrogen (secondary N) is 2. The predicted molar refractivity (Wildman–Crippen MR) is 120 cm³/mol. The van der Waals surface area contributed by atoms with E-state index in [1.165, 1.54) is 16.4 Å². The second-order valence-corrected chi connectivity index (χ2v) is 8.41. The van der Waals surface area contributed by atoms with Crippen molar-refractivity contribution in [2.24, 2.45) is 4.99 Å². The van der Waals surface area contributed by atoms with Gasteiger partial charge >= 0.3 is 0 Å². The summed E-state index contributed by atoms with van der Waals surface area (Å²) >= 11 is 0. The molecule has 0 aliphatic carbocycles. The molecule has 0 bridgehead atoms. The van der Waals surface area contributed by atoms with Crippen LogP contribution >= 0.6 is 24.0 Å². The Kier molecular flexibility index (Phi) is 11.1. The largest absolute Gasteiger partial charge is 0.488 e. The van der Waals surface area contributed by atoms with E-state index in [-0.39, 0.29) is 41.7 Å². The van der Waals surface area contributed by atoms with Crippen LogP contribution in [0.25, 0.3) is 0 Å². The van der Waals surface area contributed by atoms with E-state index in [4.69, 9.17) is 4.74 Å². The number of aliphatic imine (C=N–C) groups is 1. The van der Waals surface area contributed by atoms with Crippen LogP contribution in [0.2, 0.25) is 0 Å². The molecule has 28 heavy (non-hydrogen) atoms. The number of ether oxygens (including phenoxy) is 1. The minimum absolute atomic E-state index is 0. The van der Waals surface area contributed by atoms with E-state index in [2.05, 4.69) is 15.6 Å². The molecule has 0 amide bonds. The molecule has 1 atom stereocenters. The summed E-state index contributed by atoms with van der Waals surface area (Å²) in [5.41, 5.74) is 0. The molecule has 0 radical (unpaired) electrons. The fraction of sp³-hybridized carbons (Fsp3) is 0.611. The van der Waals surface area contributed by atoms with Crippen LogP contribution in [0.3, 0.4) is 0 Å². The minimum Gasteiger partial charge on any atom is -0.488 e. The Labute approximate surface area is 184 Å². The van der Waals surface area contributed by atoms with Crippen LogP contribution in [0.4, 0.5) is 4.39 Å². The van der Waals surface area contributed by atoms with E-state index < -0.39 is 10.0 Å². The van der Waals surface area contributed by atoms with Crippen LogP contribution < -0.4 is 15.4 Å². The van der Waals surface area contributed by atoms with E-state index in [1.807, 2.05) is 13.8 Å². The van der Waals surface area contributed by atoms with E-state index in [0.29, 0.717) is 50.9 Å². The van der Waals surface area contributed by atoms with Gasteiger partial charge in [0.1, 0.15) is 17.7 Å². The average molecular weight is 528 g/mol. The molecule has 1 saturated heterocycles. The second-order valence-electron chi connectivity index (χ2n) is 6.32. The lowest BCUT2D eigenvalue weighted by atomic mass is 10.2. The molecule has 160 valence electrons. The monoisotopic (exact) mass is 528 g/mol. The maximum atomic E-state index is 13.3. The van der Waals surface area contributed by atoms with Gasteiger partial charge in [-0.25, -0.2) is 22.1 Å². The van der Waals surface area contributed by atoms with E-state index >= 15 is 0 Å². The van der Waals surface area contributed by atoms with Crippen molar-refractivity contribution < 1.29 is 17.5 Å². The molecule has 1 heterocycles. The predicted octanol–water partition coefficient (Wildman–Crippen LogP) is 2.19. The number of guanidine groups is 1. The van der Waals surface area contributed by atoms with Gasteiger partial charge in [0.25, 0.3) is 0 Å². The first-order chi connectivity index (χ1) is 12.9. The second kappa shape index (κ2) is 12.4. The molecule has 1 aromatic rings. The molecule has 1 aromatic carbocycles. The van der Waals surface area contributed by atoms with E-state index in [0.717, 1.165) is 6.42 Å². The summed E-state index contributed by atoms with van der Waals surface area (Å²) in [5.74, 6) is 0.985. The average Bonchev–Trinajstić information content (AvgIpc) is 2.96. The zero-order chi connectivity index (χ0) is 19.7. The molecule has 7 nitrogen and oxygen atoms in total. The summed E-state index contributed by atoms with van der Waals surface area (Å²) in [4.78, 5) is 4.51. The van der Waals surface area contributed by atoms with Gasteiger partial charge in [-0.2, -0.15) is 0 Å². The lowest BCUT2D eigenvalue weighted by molar-refractivity contribution is 0.205. The molecule has 2 rings (SSSR count). The van der Waals surface area contributed by atoms with Gasteiger partial charge in [-0.05, 0) is 31.9 Å². The fourth-order valence-electron chi connectivity index (χ4n) is 2.76. The van der Waals surface area contributed by atoms with Crippen molar-refractivity contribution >= 4 is 40.0 Å². The Bertz CT molecular complexity index is 733. The van der Waals surface area contributed by atoms with Crippen molar-refractivity contribution in [1.82, 2.24) is 14.9 Å². The Morgan fingerprint density at radius 1 is 1.36 bits per heavy atom. The molecule has 1 fully saturated rings. The first-order valence-electron chi connectivity index (χ1n) is 9.36. The highest BCUT2D eigenvalue weighted by atomic mass is 127. The highest BCUT2D eigenvalue weighted by Crippen LogP contribution is 2.15. The van der Waals surface area contributed by atoms with Crippen molar-refractivity contribution in [3.05, 3.63) is 30.1 Å². The van der Waals surface area contributed by atoms with Crippen molar-refractivity contribution in [3.63, 3.8) is 0 Å². The maximum Gasteiger partial charge on any atom is 0.214 e. The number of hydrogen-bond donors (Lipinski definition) is 2. The number of halogens is 2. The van der Waals surface area contributed by atoms with E-state index in [1.54, 1.807) is 12.1 Å². The zero-order valence-electron chi connectivity index (χ0n) is 16.4. The summed E-state index contributed by atoms with van der Waals surface area (Å²) in [6, 6.07) is 6.06. The molecular formula is C18H30FIN4O3S. The quantitative estimate of drug-likeness (QED) is 0.292. The van der Waals surface area contributed by atoms with Crippen LogP contribution in [0.5, 0.6) is 5.75 Å². The highest BCUT2D eigenvalue weighted by Gasteiger charge is 2.27. The summed E-state index contributed by atoms with van der Waals surface area (Å²) in [7, 11) is -3.08. The summed E-state index contributed by atoms with van der Waals surface area (Å²) in [6.45, 7) is 6.52. The molecule has 10 heteroatoms. The lowest BCUT2D eigenvalue weighted by Gasteiger charge is -2.18. The Morgan fingerprint density at radius 2 is 2.14 bits per heavy atom. The Balaban J connectivity index is 0.00000392. The van der Waals surface area contributed by atoms with Crippen molar-refractivity contribution in [1.29, 1.82) is 0 Å². The van der Waals surface area contributed by atoms with Crippen LogP contribution in [0.15, 0.2) is 29.3 Å². The van der Waals surface area contributed by atoms with Crippen LogP contribution in [-0.2, 0) is 10.0 Å². The summed E-state index contributed by atoms with van der Waals surface area (Å²) < 4.78 is 44.2. The van der Waals surface area contributed by atoms with E-state index in [9.17, 15) is 12.8 Å². The molecule has 1 aliphatic heterocycles. The number of nitrogens with zero attached hydrogens (tertiary/aromatic N) is 2. The third kappa shape index (κ3) is 8.08. The smallest absolute Gasteiger partial charge is 0.214 e. The third-order valence-corrected chi connectivity index (χ3v) is 6.16. The molecule has 0 saturated carbocycles. The van der Waals surface area contributed by atoms with Crippen molar-refractivity contribution in [2.75, 3.05) is 38.5 Å². The first-order valence-corrected chi connectivity index (χ1v) is 11.0. The number of sulfonamides is 1. The van der Waals surface area contributed by atoms with Gasteiger partial charge in [-0.15, -0.1) is 24.0 Å². The number of benzene rings is 1. The zero-order valence-corrected chi connectivity index (χ0v) is 19.5. The van der Waals surface area contributed by atoms with Crippen LogP contribution in [0, 0.1) is 5.82 Å². The van der Waals surface area contributed by atoms with Crippen molar-refractivity contribution in [2.45, 2.75) is 32.8 Å². The Hall–Kier alpha value is -1.14. The van der Waals surface area contributed by atoms with Gasteiger partial charge in [0.15, 0.2) is 5.96 Å². The third-order valence-electron chi connectivity index (χ3n) is 4.21. The molecule has 1 unspecified atom stereocenters. The molecule has 0 aromatic heterocycles. The van der Waals surface area contributed by atoms with Gasteiger partial charge < -0.3 is 15.4 Å². The molecule has 2 N–H and O–H groups in total. The Morgan fingerprint density at radius 3 is 2.75 bits per heavy atom. The van der Waals surface area contributed by atoms with Gasteiger partial charge in [0, 0.05) is 32.2 Å². The van der Waals surface area contributed by atoms with Gasteiger partial charge in [0.05, 0.1) is 12.3 Å². The van der Waals surface area contributed by atoms with Crippen LogP contribution in [0.1, 0.15) is 26.7 Å². The first kappa shape index (κ1) is 24.9. The topological polar surface area (TPSA) is 83.0 Å². The molecular weight excluding hydrogens is 498 g/mol. The number of hydrogen-bond acceptors (Lipinski definition) is 4. The SMILES string of the molecule is CCNC(=NCC(CC)Oc1cccc(F)c1)NCCN1CCCS1(=O)=O.I.